The first kappa shape index (κ1) is 15.2. The zero-order valence-electron chi connectivity index (χ0n) is 12.4. The Balaban J connectivity index is 1.92. The molecule has 3 rings (SSSR count). The molecule has 3 aromatic rings. The van der Waals surface area contributed by atoms with E-state index in [0.29, 0.717) is 0 Å². The van der Waals surface area contributed by atoms with E-state index in [1.54, 1.807) is 6.07 Å². The second kappa shape index (κ2) is 6.58. The van der Waals surface area contributed by atoms with Gasteiger partial charge in [0.1, 0.15) is 0 Å². The number of nitrogens with zero attached hydrogens (tertiary/aromatic N) is 4. The molecular formula is C16H12N6O2. The third-order valence-corrected chi connectivity index (χ3v) is 3.11. The number of hydrogen-bond donors (Lipinski definition) is 2. The Labute approximate surface area is 137 Å². The van der Waals surface area contributed by atoms with Crippen molar-refractivity contribution in [3.05, 3.63) is 60.3 Å². The lowest BCUT2D eigenvalue weighted by molar-refractivity contribution is 0.0949. The normalized spacial score (nSPS) is 11.5. The third kappa shape index (κ3) is 3.20. The fourth-order valence-corrected chi connectivity index (χ4v) is 2.04. The van der Waals surface area contributed by atoms with Crippen LogP contribution in [-0.2, 0) is 0 Å². The Morgan fingerprint density at radius 3 is 2.62 bits per heavy atom. The summed E-state index contributed by atoms with van der Waals surface area (Å²) < 4.78 is 5.04. The van der Waals surface area contributed by atoms with Crippen LogP contribution in [0.1, 0.15) is 22.3 Å². The Bertz CT molecular complexity index is 887. The number of para-hydroxylation sites is 1. The number of nitrogens with one attached hydrogen (secondary N) is 1. The number of carbonyl (C=O) groups is 1. The van der Waals surface area contributed by atoms with E-state index in [2.05, 4.69) is 20.3 Å². The molecule has 2 aromatic heterocycles. The molecule has 0 aliphatic heterocycles. The second-order valence-corrected chi connectivity index (χ2v) is 4.77. The number of nitrogens with two attached hydrogens (primary N) is 1. The van der Waals surface area contributed by atoms with Gasteiger partial charge in [0.2, 0.25) is 17.7 Å². The zero-order valence-corrected chi connectivity index (χ0v) is 12.4. The average molecular weight is 320 g/mol. The molecule has 0 aliphatic rings. The number of hydrogen-bond acceptors (Lipinski definition) is 8. The number of benzene rings is 1. The predicted octanol–water partition coefficient (Wildman–Crippen LogP) is 2.28. The topological polar surface area (TPSA) is 131 Å². The highest BCUT2D eigenvalue weighted by Gasteiger charge is 2.27. The number of Topliss-reactive ketones (excluding diaryl/α,β-unsaturated/α-hetero) is 1. The first-order valence-electron chi connectivity index (χ1n) is 6.98. The summed E-state index contributed by atoms with van der Waals surface area (Å²) in [6, 6.07) is 14.1. The van der Waals surface area contributed by atoms with Crippen LogP contribution in [0.3, 0.4) is 0 Å². The number of ketones is 1. The van der Waals surface area contributed by atoms with Crippen LogP contribution in [0.4, 0.5) is 17.6 Å². The van der Waals surface area contributed by atoms with Gasteiger partial charge in [0.25, 0.3) is 0 Å². The molecule has 0 fully saturated rings. The summed E-state index contributed by atoms with van der Waals surface area (Å²) in [6.45, 7) is 0. The minimum absolute atomic E-state index is 0.0372. The van der Waals surface area contributed by atoms with Crippen LogP contribution < -0.4 is 11.1 Å². The molecule has 0 amide bonds. The molecule has 0 spiro atoms. The molecule has 3 N–H and O–H groups in total. The minimum atomic E-state index is -1.24. The summed E-state index contributed by atoms with van der Waals surface area (Å²) in [6.07, 6.45) is 1.35. The van der Waals surface area contributed by atoms with E-state index < -0.39 is 11.7 Å². The van der Waals surface area contributed by atoms with Crippen LogP contribution in [0.2, 0.25) is 0 Å². The Morgan fingerprint density at radius 1 is 1.17 bits per heavy atom. The van der Waals surface area contributed by atoms with Gasteiger partial charge >= 0.3 is 0 Å². The minimum Gasteiger partial charge on any atom is -0.461 e. The summed E-state index contributed by atoms with van der Waals surface area (Å²) in [5.74, 6) is -1.71. The molecule has 2 heterocycles. The Kier molecular flexibility index (Phi) is 4.16. The molecule has 118 valence electrons. The molecular weight excluding hydrogens is 308 g/mol. The average Bonchev–Trinajstić information content (AvgIpc) is 3.10. The van der Waals surface area contributed by atoms with E-state index in [9.17, 15) is 10.1 Å². The van der Waals surface area contributed by atoms with Crippen LogP contribution >= 0.6 is 0 Å². The molecule has 0 saturated carbocycles. The monoisotopic (exact) mass is 320 g/mol. The van der Waals surface area contributed by atoms with Crippen LogP contribution in [0.5, 0.6) is 0 Å². The summed E-state index contributed by atoms with van der Waals surface area (Å²) >= 11 is 0. The standard InChI is InChI=1S/C16H12N6O2/c17-9-11(13(23)12-7-4-8-24-12)14-20-15(18)22-16(21-14)19-10-5-2-1-3-6-10/h1-8,11H,(H3,18,19,20,21,22). The Hall–Kier alpha value is -3.73. The lowest BCUT2D eigenvalue weighted by Crippen LogP contribution is -2.16. The smallest absolute Gasteiger partial charge is 0.232 e. The van der Waals surface area contributed by atoms with Crippen LogP contribution in [0, 0.1) is 11.3 Å². The molecule has 0 aliphatic carbocycles. The molecule has 8 nitrogen and oxygen atoms in total. The van der Waals surface area contributed by atoms with Gasteiger partial charge in [-0.05, 0) is 24.3 Å². The van der Waals surface area contributed by atoms with Crippen molar-refractivity contribution in [3.8, 4) is 6.07 Å². The first-order chi connectivity index (χ1) is 11.7. The molecule has 1 aromatic carbocycles. The number of anilines is 3. The van der Waals surface area contributed by atoms with Crippen LogP contribution in [0.25, 0.3) is 0 Å². The zero-order chi connectivity index (χ0) is 16.9. The summed E-state index contributed by atoms with van der Waals surface area (Å²) in [7, 11) is 0. The Morgan fingerprint density at radius 2 is 1.96 bits per heavy atom. The first-order valence-corrected chi connectivity index (χ1v) is 6.98. The maximum atomic E-state index is 12.3. The van der Waals surface area contributed by atoms with E-state index in [1.165, 1.54) is 12.3 Å². The van der Waals surface area contributed by atoms with Gasteiger partial charge in [-0.2, -0.15) is 20.2 Å². The van der Waals surface area contributed by atoms with Gasteiger partial charge in [-0.25, -0.2) is 0 Å². The fraction of sp³-hybridized carbons (Fsp3) is 0.0625. The van der Waals surface area contributed by atoms with Crippen molar-refractivity contribution in [1.29, 1.82) is 5.26 Å². The molecule has 1 unspecified atom stereocenters. The van der Waals surface area contributed by atoms with Crippen molar-refractivity contribution in [2.45, 2.75) is 5.92 Å². The lowest BCUT2D eigenvalue weighted by atomic mass is 10.0. The van der Waals surface area contributed by atoms with Crippen molar-refractivity contribution < 1.29 is 9.21 Å². The van der Waals surface area contributed by atoms with Gasteiger partial charge in [-0.1, -0.05) is 18.2 Å². The van der Waals surface area contributed by atoms with Crippen molar-refractivity contribution in [3.63, 3.8) is 0 Å². The van der Waals surface area contributed by atoms with E-state index in [-0.39, 0.29) is 23.5 Å². The fourth-order valence-electron chi connectivity index (χ4n) is 2.04. The maximum absolute atomic E-state index is 12.3. The molecule has 8 heteroatoms. The van der Waals surface area contributed by atoms with Gasteiger partial charge in [0.05, 0.1) is 12.3 Å². The highest BCUT2D eigenvalue weighted by atomic mass is 16.3. The number of carbonyl (C=O) groups excluding carboxylic acids is 1. The number of aromatic nitrogens is 3. The van der Waals surface area contributed by atoms with Crippen LogP contribution in [0.15, 0.2) is 53.1 Å². The van der Waals surface area contributed by atoms with E-state index in [1.807, 2.05) is 36.4 Å². The maximum Gasteiger partial charge on any atom is 0.232 e. The van der Waals surface area contributed by atoms with Gasteiger partial charge < -0.3 is 15.5 Å². The molecule has 0 saturated heterocycles. The molecule has 0 bridgehead atoms. The van der Waals surface area contributed by atoms with Crippen molar-refractivity contribution in [2.75, 3.05) is 11.1 Å². The summed E-state index contributed by atoms with van der Waals surface area (Å²) in [5.41, 5.74) is 6.41. The quantitative estimate of drug-likeness (QED) is 0.684. The van der Waals surface area contributed by atoms with E-state index in [4.69, 9.17) is 10.2 Å². The van der Waals surface area contributed by atoms with Gasteiger partial charge in [0.15, 0.2) is 17.5 Å². The third-order valence-electron chi connectivity index (χ3n) is 3.11. The van der Waals surface area contributed by atoms with Crippen molar-refractivity contribution >= 4 is 23.4 Å². The number of nitriles is 1. The van der Waals surface area contributed by atoms with Gasteiger partial charge in [-0.3, -0.25) is 4.79 Å². The highest BCUT2D eigenvalue weighted by molar-refractivity contribution is 6.00. The molecule has 1 atom stereocenters. The molecule has 0 radical (unpaired) electrons. The van der Waals surface area contributed by atoms with E-state index in [0.717, 1.165) is 5.69 Å². The molecule has 24 heavy (non-hydrogen) atoms. The van der Waals surface area contributed by atoms with Gasteiger partial charge in [0, 0.05) is 5.69 Å². The van der Waals surface area contributed by atoms with E-state index >= 15 is 0 Å². The number of furan rings is 1. The second-order valence-electron chi connectivity index (χ2n) is 4.77. The van der Waals surface area contributed by atoms with Crippen molar-refractivity contribution in [2.24, 2.45) is 0 Å². The largest absolute Gasteiger partial charge is 0.461 e. The number of rotatable bonds is 5. The summed E-state index contributed by atoms with van der Waals surface area (Å²) in [5, 5.41) is 12.3. The lowest BCUT2D eigenvalue weighted by Gasteiger charge is -2.09. The highest BCUT2D eigenvalue weighted by Crippen LogP contribution is 2.20. The van der Waals surface area contributed by atoms with Crippen molar-refractivity contribution in [1.82, 2.24) is 15.0 Å². The predicted molar refractivity (Wildman–Crippen MR) is 85.4 cm³/mol. The SMILES string of the molecule is N#CC(C(=O)c1ccco1)c1nc(N)nc(Nc2ccccc2)n1. The van der Waals surface area contributed by atoms with Gasteiger partial charge in [-0.15, -0.1) is 0 Å². The summed E-state index contributed by atoms with van der Waals surface area (Å²) in [4.78, 5) is 24.3. The number of nitrogen functional groups attached to an aromatic ring is 1. The van der Waals surface area contributed by atoms with Crippen LogP contribution in [-0.4, -0.2) is 20.7 Å².